The third-order valence-electron chi connectivity index (χ3n) is 3.29. The van der Waals surface area contributed by atoms with E-state index in [0.717, 1.165) is 13.2 Å². The van der Waals surface area contributed by atoms with Crippen molar-refractivity contribution in [3.8, 4) is 5.75 Å². The standard InChI is InChI=1S/C17H13BrClF2NO4/c1-8(26-15-4-3-9(19)5-11(15)18)16(23)22-14-6-10(17(24)25-2)12(20)7-13(14)21/h3-8H,1-2H3,(H,22,23). The SMILES string of the molecule is COC(=O)c1cc(NC(=O)C(C)Oc2ccc(Cl)cc2Br)c(F)cc1F. The molecule has 0 aliphatic carbocycles. The first kappa shape index (κ1) is 20.1. The van der Waals surface area contributed by atoms with E-state index >= 15 is 0 Å². The summed E-state index contributed by atoms with van der Waals surface area (Å²) in [7, 11) is 1.06. The first-order chi connectivity index (χ1) is 12.2. The molecule has 2 aromatic rings. The van der Waals surface area contributed by atoms with Crippen molar-refractivity contribution < 1.29 is 27.8 Å². The quantitative estimate of drug-likeness (QED) is 0.681. The molecule has 0 heterocycles. The number of nitrogens with one attached hydrogen (secondary N) is 1. The summed E-state index contributed by atoms with van der Waals surface area (Å²) in [5.74, 6) is -3.47. The van der Waals surface area contributed by atoms with Crippen LogP contribution in [0.4, 0.5) is 14.5 Å². The third-order valence-corrected chi connectivity index (χ3v) is 4.14. The topological polar surface area (TPSA) is 64.6 Å². The van der Waals surface area contributed by atoms with Crippen molar-refractivity contribution in [2.24, 2.45) is 0 Å². The van der Waals surface area contributed by atoms with Gasteiger partial charge in [-0.15, -0.1) is 0 Å². The molecule has 1 atom stereocenters. The van der Waals surface area contributed by atoms with Crippen molar-refractivity contribution in [2.45, 2.75) is 13.0 Å². The third kappa shape index (κ3) is 4.70. The molecule has 9 heteroatoms. The predicted molar refractivity (Wildman–Crippen MR) is 95.6 cm³/mol. The van der Waals surface area contributed by atoms with E-state index in [-0.39, 0.29) is 5.69 Å². The van der Waals surface area contributed by atoms with Gasteiger partial charge in [0.25, 0.3) is 5.91 Å². The molecular formula is C17H13BrClF2NO4. The van der Waals surface area contributed by atoms with E-state index < -0.39 is 35.2 Å². The molecule has 5 nitrogen and oxygen atoms in total. The monoisotopic (exact) mass is 447 g/mol. The van der Waals surface area contributed by atoms with Crippen LogP contribution in [-0.4, -0.2) is 25.1 Å². The number of carbonyl (C=O) groups is 2. The van der Waals surface area contributed by atoms with Crippen LogP contribution >= 0.6 is 27.5 Å². The Morgan fingerprint density at radius 3 is 2.50 bits per heavy atom. The Labute approximate surface area is 161 Å². The second-order valence-electron chi connectivity index (χ2n) is 5.13. The van der Waals surface area contributed by atoms with Crippen molar-refractivity contribution >= 4 is 45.1 Å². The lowest BCUT2D eigenvalue weighted by atomic mass is 10.1. The fourth-order valence-corrected chi connectivity index (χ4v) is 2.74. The maximum absolute atomic E-state index is 13.9. The molecule has 1 N–H and O–H groups in total. The Morgan fingerprint density at radius 1 is 1.19 bits per heavy atom. The zero-order chi connectivity index (χ0) is 19.4. The Kier molecular flexibility index (Phi) is 6.55. The summed E-state index contributed by atoms with van der Waals surface area (Å²) in [5, 5.41) is 2.73. The maximum atomic E-state index is 13.9. The van der Waals surface area contributed by atoms with Gasteiger partial charge < -0.3 is 14.8 Å². The molecule has 1 unspecified atom stereocenters. The van der Waals surface area contributed by atoms with Crippen molar-refractivity contribution in [3.05, 3.63) is 57.0 Å². The number of esters is 1. The van der Waals surface area contributed by atoms with Crippen molar-refractivity contribution in [3.63, 3.8) is 0 Å². The number of hydrogen-bond donors (Lipinski definition) is 1. The molecule has 26 heavy (non-hydrogen) atoms. The number of hydrogen-bond acceptors (Lipinski definition) is 4. The summed E-state index contributed by atoms with van der Waals surface area (Å²) in [6.45, 7) is 1.44. The van der Waals surface area contributed by atoms with Gasteiger partial charge in [-0.2, -0.15) is 0 Å². The molecule has 2 aromatic carbocycles. The van der Waals surface area contributed by atoms with Crippen LogP contribution in [0.2, 0.25) is 5.02 Å². The molecule has 0 saturated heterocycles. The van der Waals surface area contributed by atoms with Crippen LogP contribution in [0.25, 0.3) is 0 Å². The fraction of sp³-hybridized carbons (Fsp3) is 0.176. The fourth-order valence-electron chi connectivity index (χ4n) is 1.96. The molecule has 0 aliphatic heterocycles. The minimum Gasteiger partial charge on any atom is -0.480 e. The van der Waals surface area contributed by atoms with Crippen molar-refractivity contribution in [1.82, 2.24) is 0 Å². The molecule has 0 aromatic heterocycles. The lowest BCUT2D eigenvalue weighted by molar-refractivity contribution is -0.122. The number of halogens is 4. The van der Waals surface area contributed by atoms with Gasteiger partial charge in [0.15, 0.2) is 6.10 Å². The second kappa shape index (κ2) is 8.46. The molecule has 0 spiro atoms. The van der Waals surface area contributed by atoms with Crippen LogP contribution in [0.1, 0.15) is 17.3 Å². The first-order valence-electron chi connectivity index (χ1n) is 7.23. The van der Waals surface area contributed by atoms with Crippen LogP contribution in [0, 0.1) is 11.6 Å². The highest BCUT2D eigenvalue weighted by atomic mass is 79.9. The highest BCUT2D eigenvalue weighted by Gasteiger charge is 2.21. The molecule has 2 rings (SSSR count). The van der Waals surface area contributed by atoms with E-state index in [9.17, 15) is 18.4 Å². The molecule has 138 valence electrons. The smallest absolute Gasteiger partial charge is 0.340 e. The zero-order valence-electron chi connectivity index (χ0n) is 13.6. The average Bonchev–Trinajstić information content (AvgIpc) is 2.58. The summed E-state index contributed by atoms with van der Waals surface area (Å²) in [4.78, 5) is 23.7. The van der Waals surface area contributed by atoms with Gasteiger partial charge in [-0.1, -0.05) is 11.6 Å². The van der Waals surface area contributed by atoms with Gasteiger partial charge in [0.2, 0.25) is 0 Å². The van der Waals surface area contributed by atoms with Gasteiger partial charge >= 0.3 is 5.97 Å². The number of amides is 1. The van der Waals surface area contributed by atoms with E-state index in [0.29, 0.717) is 21.3 Å². The number of carbonyl (C=O) groups excluding carboxylic acids is 2. The second-order valence-corrected chi connectivity index (χ2v) is 6.42. The predicted octanol–water partition coefficient (Wildman–Crippen LogP) is 4.57. The summed E-state index contributed by atoms with van der Waals surface area (Å²) in [6, 6.07) is 6.07. The Hall–Kier alpha value is -2.19. The molecule has 0 saturated carbocycles. The number of rotatable bonds is 5. The summed E-state index contributed by atoms with van der Waals surface area (Å²) in [5.41, 5.74) is -0.874. The summed E-state index contributed by atoms with van der Waals surface area (Å²) in [6.07, 6.45) is -1.02. The van der Waals surface area contributed by atoms with Gasteiger partial charge in [-0.3, -0.25) is 4.79 Å². The molecule has 0 bridgehead atoms. The summed E-state index contributed by atoms with van der Waals surface area (Å²) >= 11 is 9.08. The summed E-state index contributed by atoms with van der Waals surface area (Å²) < 4.78 is 38.0. The highest BCUT2D eigenvalue weighted by Crippen LogP contribution is 2.29. The average molecular weight is 449 g/mol. The Morgan fingerprint density at radius 2 is 1.88 bits per heavy atom. The zero-order valence-corrected chi connectivity index (χ0v) is 16.0. The minimum atomic E-state index is -1.10. The van der Waals surface area contributed by atoms with E-state index in [1.165, 1.54) is 6.92 Å². The number of anilines is 1. The highest BCUT2D eigenvalue weighted by molar-refractivity contribution is 9.10. The lowest BCUT2D eigenvalue weighted by Gasteiger charge is -2.16. The van der Waals surface area contributed by atoms with Crippen LogP contribution in [0.15, 0.2) is 34.8 Å². The normalized spacial score (nSPS) is 11.6. The first-order valence-corrected chi connectivity index (χ1v) is 8.40. The van der Waals surface area contributed by atoms with Crippen LogP contribution < -0.4 is 10.1 Å². The maximum Gasteiger partial charge on any atom is 0.340 e. The molecule has 1 amide bonds. The van der Waals surface area contributed by atoms with Gasteiger partial charge in [0.1, 0.15) is 17.4 Å². The molecule has 0 aliphatic rings. The van der Waals surface area contributed by atoms with E-state index in [4.69, 9.17) is 16.3 Å². The van der Waals surface area contributed by atoms with Crippen molar-refractivity contribution in [2.75, 3.05) is 12.4 Å². The number of methoxy groups -OCH3 is 1. The lowest BCUT2D eigenvalue weighted by Crippen LogP contribution is -2.30. The molecule has 0 radical (unpaired) electrons. The number of benzene rings is 2. The van der Waals surface area contributed by atoms with Crippen molar-refractivity contribution in [1.29, 1.82) is 0 Å². The molecular weight excluding hydrogens is 436 g/mol. The van der Waals surface area contributed by atoms with Gasteiger partial charge in [0, 0.05) is 11.1 Å². The Bertz CT molecular complexity index is 863. The van der Waals surface area contributed by atoms with Crippen LogP contribution in [0.3, 0.4) is 0 Å². The number of ether oxygens (including phenoxy) is 2. The van der Waals surface area contributed by atoms with Crippen LogP contribution in [-0.2, 0) is 9.53 Å². The molecule has 0 fully saturated rings. The van der Waals surface area contributed by atoms with E-state index in [1.807, 2.05) is 0 Å². The largest absolute Gasteiger partial charge is 0.480 e. The minimum absolute atomic E-state index is 0.354. The van der Waals surface area contributed by atoms with E-state index in [1.54, 1.807) is 18.2 Å². The van der Waals surface area contributed by atoms with Gasteiger partial charge in [0.05, 0.1) is 22.8 Å². The van der Waals surface area contributed by atoms with Gasteiger partial charge in [-0.25, -0.2) is 13.6 Å². The van der Waals surface area contributed by atoms with E-state index in [2.05, 4.69) is 26.0 Å². The Balaban J connectivity index is 2.17. The van der Waals surface area contributed by atoms with Gasteiger partial charge in [-0.05, 0) is 47.1 Å². The van der Waals surface area contributed by atoms with Crippen LogP contribution in [0.5, 0.6) is 5.75 Å².